The minimum atomic E-state index is -0.379. The molecule has 5 nitrogen and oxygen atoms in total. The first-order chi connectivity index (χ1) is 17.9. The predicted molar refractivity (Wildman–Crippen MR) is 147 cm³/mol. The van der Waals surface area contributed by atoms with E-state index in [1.54, 1.807) is 72.8 Å². The van der Waals surface area contributed by atoms with Crippen LogP contribution in [0.3, 0.4) is 0 Å². The largest absolute Gasteiger partial charge is 0.493 e. The smallest absolute Gasteiger partial charge is 0.255 e. The molecule has 188 valence electrons. The number of carbonyl (C=O) groups excluding carboxylic acids is 2. The summed E-state index contributed by atoms with van der Waals surface area (Å²) in [6, 6.07) is 24.2. The highest BCUT2D eigenvalue weighted by Crippen LogP contribution is 2.27. The highest BCUT2D eigenvalue weighted by Gasteiger charge is 2.18. The summed E-state index contributed by atoms with van der Waals surface area (Å²) in [5.41, 5.74) is 3.17. The molecule has 0 unspecified atom stereocenters. The van der Waals surface area contributed by atoms with Crippen LogP contribution in [0.25, 0.3) is 0 Å². The van der Waals surface area contributed by atoms with E-state index >= 15 is 0 Å². The zero-order chi connectivity index (χ0) is 26.4. The normalized spacial score (nSPS) is 10.6. The zero-order valence-electron chi connectivity index (χ0n) is 20.4. The van der Waals surface area contributed by atoms with Crippen LogP contribution in [0.1, 0.15) is 44.3 Å². The van der Waals surface area contributed by atoms with E-state index in [1.807, 2.05) is 26.0 Å². The summed E-state index contributed by atoms with van der Waals surface area (Å²) in [4.78, 5) is 26.4. The van der Waals surface area contributed by atoms with Crippen molar-refractivity contribution in [3.8, 4) is 11.5 Å². The van der Waals surface area contributed by atoms with Gasteiger partial charge in [0.05, 0.1) is 12.3 Å². The first-order valence-corrected chi connectivity index (χ1v) is 12.5. The van der Waals surface area contributed by atoms with Crippen molar-refractivity contribution >= 4 is 40.6 Å². The number of nitrogens with one attached hydrogen (secondary N) is 1. The summed E-state index contributed by atoms with van der Waals surface area (Å²) < 4.78 is 11.7. The summed E-state index contributed by atoms with van der Waals surface area (Å²) in [7, 11) is 0. The average molecular weight is 534 g/mol. The fraction of sp³-hybridized carbons (Fsp3) is 0.133. The number of rotatable bonds is 9. The molecule has 0 atom stereocenters. The lowest BCUT2D eigenvalue weighted by molar-refractivity contribution is 0.102. The van der Waals surface area contributed by atoms with Crippen LogP contribution in [0.15, 0.2) is 84.9 Å². The number of benzene rings is 4. The molecule has 0 saturated carbocycles. The van der Waals surface area contributed by atoms with Gasteiger partial charge >= 0.3 is 0 Å². The Hall–Kier alpha value is -3.80. The monoisotopic (exact) mass is 533 g/mol. The van der Waals surface area contributed by atoms with Gasteiger partial charge in [0.1, 0.15) is 18.1 Å². The third-order valence-electron chi connectivity index (χ3n) is 5.66. The minimum Gasteiger partial charge on any atom is -0.493 e. The van der Waals surface area contributed by atoms with E-state index in [-0.39, 0.29) is 18.3 Å². The Labute approximate surface area is 225 Å². The van der Waals surface area contributed by atoms with Crippen molar-refractivity contribution < 1.29 is 19.1 Å². The second-order valence-electron chi connectivity index (χ2n) is 8.29. The van der Waals surface area contributed by atoms with E-state index in [4.69, 9.17) is 32.7 Å². The number of halogens is 2. The Kier molecular flexibility index (Phi) is 8.49. The topological polar surface area (TPSA) is 64.6 Å². The van der Waals surface area contributed by atoms with Crippen molar-refractivity contribution in [1.82, 2.24) is 0 Å². The van der Waals surface area contributed by atoms with Gasteiger partial charge in [-0.3, -0.25) is 9.59 Å². The summed E-state index contributed by atoms with van der Waals surface area (Å²) in [5.74, 6) is 0.661. The number of ketones is 1. The van der Waals surface area contributed by atoms with Crippen LogP contribution in [-0.4, -0.2) is 18.3 Å². The number of aryl methyl sites for hydroxylation is 1. The molecule has 0 saturated heterocycles. The lowest BCUT2D eigenvalue weighted by Crippen LogP contribution is -2.16. The van der Waals surface area contributed by atoms with Crippen molar-refractivity contribution in [2.24, 2.45) is 0 Å². The molecule has 4 aromatic carbocycles. The molecule has 1 amide bonds. The molecule has 7 heteroatoms. The van der Waals surface area contributed by atoms with Crippen LogP contribution in [0.2, 0.25) is 10.0 Å². The third-order valence-corrected chi connectivity index (χ3v) is 6.32. The molecule has 0 aliphatic heterocycles. The molecule has 0 spiro atoms. The standard InChI is InChI=1S/C30H25Cl2NO4/c1-3-36-28-14-9-21(16-22(28)18-37-24-11-12-26(32)19(2)15-24)30(35)33-27-13-10-23(31)17-25(27)29(34)20-7-5-4-6-8-20/h4-17H,3,18H2,1-2H3,(H,33,35). The maximum Gasteiger partial charge on any atom is 0.255 e. The molecule has 37 heavy (non-hydrogen) atoms. The number of carbonyl (C=O) groups is 2. The number of amides is 1. The number of anilines is 1. The van der Waals surface area contributed by atoms with Crippen LogP contribution in [0.5, 0.6) is 11.5 Å². The first kappa shape index (κ1) is 26.3. The maximum atomic E-state index is 13.2. The van der Waals surface area contributed by atoms with E-state index in [9.17, 15) is 9.59 Å². The van der Waals surface area contributed by atoms with Crippen molar-refractivity contribution in [3.05, 3.63) is 123 Å². The summed E-state index contributed by atoms with van der Waals surface area (Å²) >= 11 is 12.3. The third kappa shape index (κ3) is 6.50. The maximum absolute atomic E-state index is 13.2. The molecule has 0 bridgehead atoms. The SMILES string of the molecule is CCOc1ccc(C(=O)Nc2ccc(Cl)cc2C(=O)c2ccccc2)cc1COc1ccc(Cl)c(C)c1. The zero-order valence-corrected chi connectivity index (χ0v) is 21.9. The van der Waals surface area contributed by atoms with Gasteiger partial charge < -0.3 is 14.8 Å². The molecule has 0 aliphatic rings. The molecule has 4 aromatic rings. The van der Waals surface area contributed by atoms with Gasteiger partial charge in [-0.1, -0.05) is 53.5 Å². The Balaban J connectivity index is 1.58. The van der Waals surface area contributed by atoms with Gasteiger partial charge in [0.15, 0.2) is 5.78 Å². The van der Waals surface area contributed by atoms with Crippen molar-refractivity contribution in [2.75, 3.05) is 11.9 Å². The van der Waals surface area contributed by atoms with E-state index in [0.29, 0.717) is 56.1 Å². The highest BCUT2D eigenvalue weighted by molar-refractivity contribution is 6.31. The quantitative estimate of drug-likeness (QED) is 0.223. The predicted octanol–water partition coefficient (Wildman–Crippen LogP) is 7.76. The van der Waals surface area contributed by atoms with E-state index in [1.165, 1.54) is 0 Å². The average Bonchev–Trinajstić information content (AvgIpc) is 2.91. The van der Waals surface area contributed by atoms with Gasteiger partial charge in [0, 0.05) is 32.3 Å². The Morgan fingerprint density at radius 2 is 1.62 bits per heavy atom. The summed E-state index contributed by atoms with van der Waals surface area (Å²) in [6.07, 6.45) is 0. The van der Waals surface area contributed by atoms with Crippen LogP contribution in [0, 0.1) is 6.92 Å². The highest BCUT2D eigenvalue weighted by atomic mass is 35.5. The second kappa shape index (κ2) is 12.0. The molecule has 0 heterocycles. The molecule has 1 N–H and O–H groups in total. The Morgan fingerprint density at radius 1 is 0.838 bits per heavy atom. The van der Waals surface area contributed by atoms with Gasteiger partial charge in [-0.15, -0.1) is 0 Å². The van der Waals surface area contributed by atoms with E-state index < -0.39 is 0 Å². The van der Waals surface area contributed by atoms with Gasteiger partial charge in [-0.05, 0) is 74.0 Å². The summed E-state index contributed by atoms with van der Waals surface area (Å²) in [5, 5.41) is 3.92. The molecular weight excluding hydrogens is 509 g/mol. The van der Waals surface area contributed by atoms with Crippen molar-refractivity contribution in [1.29, 1.82) is 0 Å². The number of hydrogen-bond donors (Lipinski definition) is 1. The fourth-order valence-electron chi connectivity index (χ4n) is 3.75. The molecule has 0 aliphatic carbocycles. The van der Waals surface area contributed by atoms with E-state index in [2.05, 4.69) is 5.32 Å². The minimum absolute atomic E-state index is 0.191. The van der Waals surface area contributed by atoms with Gasteiger partial charge in [-0.2, -0.15) is 0 Å². The Bertz CT molecular complexity index is 1440. The van der Waals surface area contributed by atoms with Crippen LogP contribution < -0.4 is 14.8 Å². The summed E-state index contributed by atoms with van der Waals surface area (Å²) in [6.45, 7) is 4.45. The molecule has 4 rings (SSSR count). The molecule has 0 radical (unpaired) electrons. The first-order valence-electron chi connectivity index (χ1n) is 11.7. The van der Waals surface area contributed by atoms with Crippen molar-refractivity contribution in [2.45, 2.75) is 20.5 Å². The van der Waals surface area contributed by atoms with Crippen LogP contribution in [-0.2, 0) is 6.61 Å². The number of ether oxygens (including phenoxy) is 2. The fourth-order valence-corrected chi connectivity index (χ4v) is 4.04. The molecule has 0 fully saturated rings. The second-order valence-corrected chi connectivity index (χ2v) is 9.14. The van der Waals surface area contributed by atoms with Gasteiger partial charge in [0.2, 0.25) is 0 Å². The van der Waals surface area contributed by atoms with Crippen molar-refractivity contribution in [3.63, 3.8) is 0 Å². The molecule has 0 aromatic heterocycles. The van der Waals surface area contributed by atoms with Crippen LogP contribution >= 0.6 is 23.2 Å². The van der Waals surface area contributed by atoms with Crippen LogP contribution in [0.4, 0.5) is 5.69 Å². The number of hydrogen-bond acceptors (Lipinski definition) is 4. The lowest BCUT2D eigenvalue weighted by Gasteiger charge is -2.15. The van der Waals surface area contributed by atoms with E-state index in [0.717, 1.165) is 5.56 Å². The van der Waals surface area contributed by atoms with Gasteiger partial charge in [0.25, 0.3) is 5.91 Å². The van der Waals surface area contributed by atoms with Gasteiger partial charge in [-0.25, -0.2) is 0 Å². The molecular formula is C30H25Cl2NO4. The lowest BCUT2D eigenvalue weighted by atomic mass is 10.0. The Morgan fingerprint density at radius 3 is 2.35 bits per heavy atom.